The monoisotopic (exact) mass is 486 g/mol. The Kier molecular flexibility index (Phi) is 7.47. The maximum absolute atomic E-state index is 12.9. The van der Waals surface area contributed by atoms with E-state index in [1.54, 1.807) is 18.2 Å². The number of allylic oxidation sites excluding steroid dienone is 3. The van der Waals surface area contributed by atoms with Gasteiger partial charge in [0.2, 0.25) is 5.75 Å². The molecule has 0 aliphatic heterocycles. The lowest BCUT2D eigenvalue weighted by molar-refractivity contribution is -0.635. The van der Waals surface area contributed by atoms with Crippen LogP contribution < -0.4 is 28.4 Å². The zero-order valence-electron chi connectivity index (χ0n) is 19.2. The van der Waals surface area contributed by atoms with E-state index in [2.05, 4.69) is 0 Å². The Balaban J connectivity index is 1.97. The van der Waals surface area contributed by atoms with Crippen LogP contribution in [0.25, 0.3) is 16.1 Å². The lowest BCUT2D eigenvalue weighted by atomic mass is 10.1. The minimum Gasteiger partial charge on any atom is -0.618 e. The number of methoxy groups -OCH3 is 4. The third-order valence-corrected chi connectivity index (χ3v) is 5.48. The summed E-state index contributed by atoms with van der Waals surface area (Å²) in [6.07, 6.45) is 4.02. The van der Waals surface area contributed by atoms with Crippen LogP contribution in [-0.2, 0) is 0 Å². The summed E-state index contributed by atoms with van der Waals surface area (Å²) in [6.45, 7) is 1.41. The number of ether oxygens (including phenoxy) is 4. The van der Waals surface area contributed by atoms with Crippen molar-refractivity contribution in [1.29, 1.82) is 0 Å². The maximum atomic E-state index is 12.9. The Morgan fingerprint density at radius 3 is 2.12 bits per heavy atom. The van der Waals surface area contributed by atoms with Gasteiger partial charge in [0, 0.05) is 23.6 Å². The van der Waals surface area contributed by atoms with Crippen molar-refractivity contribution < 1.29 is 33.2 Å². The topological polar surface area (TPSA) is 108 Å². The van der Waals surface area contributed by atoms with Gasteiger partial charge in [-0.2, -0.15) is 9.46 Å². The molecule has 0 fully saturated rings. The van der Waals surface area contributed by atoms with Gasteiger partial charge in [-0.05, 0) is 30.4 Å². The molecule has 3 aromatic rings. The normalized spacial score (nSPS) is 11.6. The quantitative estimate of drug-likeness (QED) is 0.158. The third kappa shape index (κ3) is 4.55. The molecule has 0 saturated carbocycles. The van der Waals surface area contributed by atoms with E-state index in [1.165, 1.54) is 59.6 Å². The number of nitrogens with zero attached hydrogens (tertiary/aromatic N) is 2. The molecule has 1 aromatic heterocycles. The molecule has 10 heteroatoms. The minimum absolute atomic E-state index is 0.0164. The number of hydrogen-bond donors (Lipinski definition) is 0. The lowest BCUT2D eigenvalue weighted by Crippen LogP contribution is -2.46. The van der Waals surface area contributed by atoms with Crippen LogP contribution in [0.5, 0.6) is 23.0 Å². The predicted molar refractivity (Wildman–Crippen MR) is 127 cm³/mol. The van der Waals surface area contributed by atoms with E-state index in [0.717, 1.165) is 6.08 Å². The number of ketones is 1. The standard InChI is InChI=1S/C24H23ClN2O7/c1-14-23(27(30)19-13-16(31-2)9-10-18(19)26(14)29)20(28)8-6-7-17(25)15-11-21(32-3)24(34-5)22(12-15)33-4/h6-13H,1-5H3/b8-6+,17-7-. The molecular formula is C24H23ClN2O7. The second-order valence-electron chi connectivity index (χ2n) is 7.03. The van der Waals surface area contributed by atoms with Crippen molar-refractivity contribution in [2.24, 2.45) is 0 Å². The van der Waals surface area contributed by atoms with Crippen molar-refractivity contribution in [1.82, 2.24) is 0 Å². The minimum atomic E-state index is -0.660. The summed E-state index contributed by atoms with van der Waals surface area (Å²) in [5.74, 6) is 0.969. The largest absolute Gasteiger partial charge is 0.618 e. The van der Waals surface area contributed by atoms with E-state index >= 15 is 0 Å². The van der Waals surface area contributed by atoms with Crippen LogP contribution in [0.3, 0.4) is 0 Å². The molecule has 0 bridgehead atoms. The summed E-state index contributed by atoms with van der Waals surface area (Å²) in [6, 6.07) is 7.74. The van der Waals surface area contributed by atoms with Gasteiger partial charge in [-0.25, -0.2) is 0 Å². The number of carbonyl (C=O) groups excluding carboxylic acids is 1. The Morgan fingerprint density at radius 1 is 0.912 bits per heavy atom. The van der Waals surface area contributed by atoms with Gasteiger partial charge in [-0.3, -0.25) is 4.79 Å². The smallest absolute Gasteiger partial charge is 0.333 e. The number of halogens is 1. The Labute approximate surface area is 201 Å². The molecule has 3 rings (SSSR count). The number of hydrogen-bond acceptors (Lipinski definition) is 7. The average Bonchev–Trinajstić information content (AvgIpc) is 2.85. The molecule has 9 nitrogen and oxygen atoms in total. The van der Waals surface area contributed by atoms with Gasteiger partial charge in [0.25, 0.3) is 22.5 Å². The molecule has 1 heterocycles. The molecule has 2 aromatic carbocycles. The first-order chi connectivity index (χ1) is 16.3. The van der Waals surface area contributed by atoms with E-state index in [0.29, 0.717) is 38.0 Å². The van der Waals surface area contributed by atoms with Crippen molar-refractivity contribution in [3.8, 4) is 23.0 Å². The molecule has 178 valence electrons. The van der Waals surface area contributed by atoms with E-state index in [4.69, 9.17) is 30.5 Å². The van der Waals surface area contributed by atoms with Crippen LogP contribution in [0.2, 0.25) is 0 Å². The average molecular weight is 487 g/mol. The number of aromatic nitrogens is 2. The van der Waals surface area contributed by atoms with Crippen molar-refractivity contribution >= 4 is 33.4 Å². The number of rotatable bonds is 8. The summed E-state index contributed by atoms with van der Waals surface area (Å²) in [4.78, 5) is 12.8. The zero-order valence-corrected chi connectivity index (χ0v) is 20.0. The van der Waals surface area contributed by atoms with Gasteiger partial charge in [-0.1, -0.05) is 17.7 Å². The van der Waals surface area contributed by atoms with Crippen LogP contribution in [0.4, 0.5) is 0 Å². The van der Waals surface area contributed by atoms with Crippen LogP contribution in [0.1, 0.15) is 21.7 Å². The van der Waals surface area contributed by atoms with Gasteiger partial charge < -0.3 is 29.4 Å². The molecule has 0 aliphatic rings. The van der Waals surface area contributed by atoms with Crippen LogP contribution in [-0.4, -0.2) is 34.2 Å². The highest BCUT2D eigenvalue weighted by Gasteiger charge is 2.29. The highest BCUT2D eigenvalue weighted by Crippen LogP contribution is 2.40. The molecule has 0 aliphatic carbocycles. The van der Waals surface area contributed by atoms with Crippen LogP contribution >= 0.6 is 11.6 Å². The molecule has 0 radical (unpaired) electrons. The molecular weight excluding hydrogens is 464 g/mol. The molecule has 0 N–H and O–H groups in total. The maximum Gasteiger partial charge on any atom is 0.333 e. The summed E-state index contributed by atoms with van der Waals surface area (Å²) in [5, 5.41) is 25.8. The van der Waals surface area contributed by atoms with E-state index < -0.39 is 5.78 Å². The molecule has 34 heavy (non-hydrogen) atoms. The van der Waals surface area contributed by atoms with Crippen LogP contribution in [0.15, 0.2) is 48.6 Å². The second kappa shape index (κ2) is 10.3. The molecule has 0 saturated heterocycles. The summed E-state index contributed by atoms with van der Waals surface area (Å²) < 4.78 is 22.0. The van der Waals surface area contributed by atoms with Crippen molar-refractivity contribution in [3.63, 3.8) is 0 Å². The number of carbonyl (C=O) groups is 1. The fourth-order valence-electron chi connectivity index (χ4n) is 3.40. The lowest BCUT2D eigenvalue weighted by Gasteiger charge is -2.13. The van der Waals surface area contributed by atoms with E-state index in [9.17, 15) is 15.2 Å². The SMILES string of the molecule is COc1ccc2c(c1)[n+]([O-])c(C(=O)/C=C/C=C(\Cl)c1cc(OC)c(OC)c(OC)c1)c(C)[n+]2[O-]. The van der Waals surface area contributed by atoms with E-state index in [1.807, 2.05) is 0 Å². The molecule has 0 amide bonds. The first kappa shape index (κ1) is 24.7. The Bertz CT molecular complexity index is 1290. The summed E-state index contributed by atoms with van der Waals surface area (Å²) >= 11 is 6.40. The summed E-state index contributed by atoms with van der Waals surface area (Å²) in [5.41, 5.74) is 0.367. The zero-order chi connectivity index (χ0) is 25.0. The molecule has 0 spiro atoms. The number of fused-ring (bicyclic) bond motifs is 1. The van der Waals surface area contributed by atoms with Gasteiger partial charge in [-0.15, -0.1) is 0 Å². The first-order valence-electron chi connectivity index (χ1n) is 9.99. The van der Waals surface area contributed by atoms with Gasteiger partial charge >= 0.3 is 5.69 Å². The summed E-state index contributed by atoms with van der Waals surface area (Å²) in [7, 11) is 5.90. The number of benzene rings is 2. The van der Waals surface area contributed by atoms with E-state index in [-0.39, 0.29) is 27.5 Å². The Morgan fingerprint density at radius 2 is 1.56 bits per heavy atom. The highest BCUT2D eigenvalue weighted by atomic mass is 35.5. The third-order valence-electron chi connectivity index (χ3n) is 5.13. The molecule has 0 unspecified atom stereocenters. The van der Waals surface area contributed by atoms with Gasteiger partial charge in [0.1, 0.15) is 5.75 Å². The Hall–Kier alpha value is -3.98. The fraction of sp³-hybridized carbons (Fsp3) is 0.208. The van der Waals surface area contributed by atoms with Gasteiger partial charge in [0.15, 0.2) is 11.5 Å². The second-order valence-corrected chi connectivity index (χ2v) is 7.44. The first-order valence-corrected chi connectivity index (χ1v) is 10.4. The van der Waals surface area contributed by atoms with Crippen molar-refractivity contribution in [2.75, 3.05) is 28.4 Å². The fourth-order valence-corrected chi connectivity index (χ4v) is 3.58. The predicted octanol–water partition coefficient (Wildman–Crippen LogP) is 3.47. The van der Waals surface area contributed by atoms with Crippen molar-refractivity contribution in [3.05, 3.63) is 75.9 Å². The van der Waals surface area contributed by atoms with Crippen molar-refractivity contribution in [2.45, 2.75) is 6.92 Å². The van der Waals surface area contributed by atoms with Gasteiger partial charge in [0.05, 0.1) is 34.5 Å². The highest BCUT2D eigenvalue weighted by molar-refractivity contribution is 6.49. The van der Waals surface area contributed by atoms with Crippen LogP contribution in [0, 0.1) is 17.3 Å². The molecule has 0 atom stereocenters.